The summed E-state index contributed by atoms with van der Waals surface area (Å²) < 4.78 is 31.6. The number of esters is 1. The average Bonchev–Trinajstić information content (AvgIpc) is 3.29. The van der Waals surface area contributed by atoms with E-state index in [0.717, 1.165) is 11.3 Å². The SMILES string of the molecule is COc1ccc(-c2cc(COC(=O)/C=C\c3cc(OC)c(OC)c(OC)c3)no2)cc1. The summed E-state index contributed by atoms with van der Waals surface area (Å²) >= 11 is 0. The van der Waals surface area contributed by atoms with E-state index >= 15 is 0 Å². The summed E-state index contributed by atoms with van der Waals surface area (Å²) in [6.07, 6.45) is 2.91. The number of aromatic nitrogens is 1. The number of carbonyl (C=O) groups excluding carboxylic acids is 1. The monoisotopic (exact) mass is 425 g/mol. The molecule has 1 heterocycles. The Morgan fingerprint density at radius 3 is 2.19 bits per heavy atom. The van der Waals surface area contributed by atoms with Gasteiger partial charge >= 0.3 is 5.97 Å². The summed E-state index contributed by atoms with van der Waals surface area (Å²) in [5.74, 6) is 2.25. The Bertz CT molecular complexity index is 1030. The zero-order valence-electron chi connectivity index (χ0n) is 17.7. The minimum absolute atomic E-state index is 0.0158. The molecule has 8 nitrogen and oxygen atoms in total. The predicted octanol–water partition coefficient (Wildman–Crippen LogP) is 4.13. The molecule has 0 fully saturated rings. The fourth-order valence-corrected chi connectivity index (χ4v) is 2.83. The van der Waals surface area contributed by atoms with E-state index in [0.29, 0.717) is 34.3 Å². The van der Waals surface area contributed by atoms with Crippen molar-refractivity contribution in [1.82, 2.24) is 5.16 Å². The second-order valence-corrected chi connectivity index (χ2v) is 6.31. The lowest BCUT2D eigenvalue weighted by Crippen LogP contribution is -2.01. The summed E-state index contributed by atoms with van der Waals surface area (Å²) in [6.45, 7) is -0.0158. The first-order valence-corrected chi connectivity index (χ1v) is 9.32. The van der Waals surface area contributed by atoms with Crippen LogP contribution in [0.25, 0.3) is 17.4 Å². The summed E-state index contributed by atoms with van der Waals surface area (Å²) in [7, 11) is 6.18. The van der Waals surface area contributed by atoms with Crippen molar-refractivity contribution < 1.29 is 33.0 Å². The van der Waals surface area contributed by atoms with Crippen molar-refractivity contribution in [2.24, 2.45) is 0 Å². The molecule has 31 heavy (non-hydrogen) atoms. The topological polar surface area (TPSA) is 89.3 Å². The van der Waals surface area contributed by atoms with E-state index in [1.165, 1.54) is 27.4 Å². The minimum Gasteiger partial charge on any atom is -0.497 e. The lowest BCUT2D eigenvalue weighted by Gasteiger charge is -2.12. The summed E-state index contributed by atoms with van der Waals surface area (Å²) in [5.41, 5.74) is 2.03. The molecular weight excluding hydrogens is 402 g/mol. The van der Waals surface area contributed by atoms with Gasteiger partial charge in [0.25, 0.3) is 0 Å². The number of hydrogen-bond acceptors (Lipinski definition) is 8. The normalized spacial score (nSPS) is 10.7. The van der Waals surface area contributed by atoms with Crippen molar-refractivity contribution >= 4 is 12.0 Å². The Morgan fingerprint density at radius 1 is 0.935 bits per heavy atom. The van der Waals surface area contributed by atoms with Gasteiger partial charge in [0.1, 0.15) is 18.1 Å². The lowest BCUT2D eigenvalue weighted by molar-refractivity contribution is -0.139. The molecule has 0 radical (unpaired) electrons. The van der Waals surface area contributed by atoms with Crippen molar-refractivity contribution in [2.45, 2.75) is 6.61 Å². The molecule has 0 atom stereocenters. The fourth-order valence-electron chi connectivity index (χ4n) is 2.83. The van der Waals surface area contributed by atoms with Gasteiger partial charge in [-0.05, 0) is 48.0 Å². The van der Waals surface area contributed by atoms with Gasteiger partial charge in [0.05, 0.1) is 28.4 Å². The molecule has 2 aromatic carbocycles. The zero-order valence-corrected chi connectivity index (χ0v) is 17.7. The molecule has 3 aromatic rings. The van der Waals surface area contributed by atoms with Gasteiger partial charge in [-0.25, -0.2) is 4.79 Å². The van der Waals surface area contributed by atoms with E-state index in [1.807, 2.05) is 24.3 Å². The van der Waals surface area contributed by atoms with Gasteiger partial charge in [0, 0.05) is 17.7 Å². The highest BCUT2D eigenvalue weighted by atomic mass is 16.5. The maximum atomic E-state index is 12.1. The second kappa shape index (κ2) is 10.2. The van der Waals surface area contributed by atoms with Crippen LogP contribution in [-0.4, -0.2) is 39.6 Å². The van der Waals surface area contributed by atoms with Gasteiger partial charge < -0.3 is 28.2 Å². The van der Waals surface area contributed by atoms with Crippen LogP contribution in [0.1, 0.15) is 11.3 Å². The van der Waals surface area contributed by atoms with Crippen LogP contribution < -0.4 is 18.9 Å². The molecule has 0 aliphatic carbocycles. The van der Waals surface area contributed by atoms with Crippen LogP contribution in [0.2, 0.25) is 0 Å². The van der Waals surface area contributed by atoms with E-state index in [9.17, 15) is 4.79 Å². The molecule has 162 valence electrons. The standard InChI is InChI=1S/C23H23NO7/c1-26-18-8-6-16(7-9-18)19-13-17(24-31-19)14-30-22(25)10-5-15-11-20(27-2)23(29-4)21(12-15)28-3/h5-13H,14H2,1-4H3/b10-5-. The molecule has 0 spiro atoms. The minimum atomic E-state index is -0.525. The molecule has 0 aliphatic heterocycles. The Kier molecular flexibility index (Phi) is 7.16. The van der Waals surface area contributed by atoms with Crippen molar-refractivity contribution in [3.8, 4) is 34.3 Å². The predicted molar refractivity (Wildman–Crippen MR) is 113 cm³/mol. The lowest BCUT2D eigenvalue weighted by atomic mass is 10.1. The van der Waals surface area contributed by atoms with Crippen molar-refractivity contribution in [3.05, 3.63) is 59.8 Å². The molecule has 0 amide bonds. The molecular formula is C23H23NO7. The molecule has 0 aliphatic rings. The van der Waals surface area contributed by atoms with Crippen LogP contribution in [0.4, 0.5) is 0 Å². The summed E-state index contributed by atoms with van der Waals surface area (Å²) in [6, 6.07) is 12.5. The quantitative estimate of drug-likeness (QED) is 0.373. The average molecular weight is 425 g/mol. The van der Waals surface area contributed by atoms with E-state index in [2.05, 4.69) is 5.16 Å². The van der Waals surface area contributed by atoms with Gasteiger partial charge in [-0.1, -0.05) is 5.16 Å². The highest BCUT2D eigenvalue weighted by molar-refractivity contribution is 5.87. The number of rotatable bonds is 9. The number of hydrogen-bond donors (Lipinski definition) is 0. The van der Waals surface area contributed by atoms with Gasteiger partial charge in [-0.2, -0.15) is 0 Å². The Hall–Kier alpha value is -3.94. The van der Waals surface area contributed by atoms with Gasteiger partial charge in [-0.15, -0.1) is 0 Å². The van der Waals surface area contributed by atoms with E-state index in [-0.39, 0.29) is 6.61 Å². The van der Waals surface area contributed by atoms with Gasteiger partial charge in [0.15, 0.2) is 17.3 Å². The van der Waals surface area contributed by atoms with Crippen LogP contribution in [0, 0.1) is 0 Å². The van der Waals surface area contributed by atoms with Crippen molar-refractivity contribution in [3.63, 3.8) is 0 Å². The second-order valence-electron chi connectivity index (χ2n) is 6.31. The third-order valence-corrected chi connectivity index (χ3v) is 4.39. The number of carbonyl (C=O) groups is 1. The van der Waals surface area contributed by atoms with E-state index < -0.39 is 5.97 Å². The van der Waals surface area contributed by atoms with Gasteiger partial charge in [-0.3, -0.25) is 0 Å². The molecule has 0 unspecified atom stereocenters. The van der Waals surface area contributed by atoms with E-state index in [4.69, 9.17) is 28.2 Å². The maximum absolute atomic E-state index is 12.1. The largest absolute Gasteiger partial charge is 0.497 e. The van der Waals surface area contributed by atoms with Crippen molar-refractivity contribution in [2.75, 3.05) is 28.4 Å². The Balaban J connectivity index is 1.61. The molecule has 8 heteroatoms. The van der Waals surface area contributed by atoms with Crippen LogP contribution >= 0.6 is 0 Å². The first-order chi connectivity index (χ1) is 15.1. The number of nitrogens with zero attached hydrogens (tertiary/aromatic N) is 1. The van der Waals surface area contributed by atoms with Crippen LogP contribution in [0.15, 0.2) is 53.1 Å². The first kappa shape index (κ1) is 21.8. The van der Waals surface area contributed by atoms with Crippen LogP contribution in [0.5, 0.6) is 23.0 Å². The highest BCUT2D eigenvalue weighted by Gasteiger charge is 2.13. The number of benzene rings is 2. The molecule has 3 rings (SSSR count). The Morgan fingerprint density at radius 2 is 1.61 bits per heavy atom. The third kappa shape index (κ3) is 5.36. The summed E-state index contributed by atoms with van der Waals surface area (Å²) in [5, 5.41) is 3.94. The summed E-state index contributed by atoms with van der Waals surface area (Å²) in [4.78, 5) is 12.1. The van der Waals surface area contributed by atoms with E-state index in [1.54, 1.807) is 31.4 Å². The van der Waals surface area contributed by atoms with Crippen LogP contribution in [-0.2, 0) is 16.1 Å². The molecule has 0 saturated heterocycles. The number of methoxy groups -OCH3 is 4. The molecule has 0 saturated carbocycles. The third-order valence-electron chi connectivity index (χ3n) is 4.39. The smallest absolute Gasteiger partial charge is 0.331 e. The molecule has 0 N–H and O–H groups in total. The maximum Gasteiger partial charge on any atom is 0.331 e. The Labute approximate surface area is 179 Å². The first-order valence-electron chi connectivity index (χ1n) is 9.32. The van der Waals surface area contributed by atoms with Crippen LogP contribution in [0.3, 0.4) is 0 Å². The highest BCUT2D eigenvalue weighted by Crippen LogP contribution is 2.38. The molecule has 0 bridgehead atoms. The van der Waals surface area contributed by atoms with Gasteiger partial charge in [0.2, 0.25) is 5.75 Å². The zero-order chi connectivity index (χ0) is 22.2. The number of ether oxygens (including phenoxy) is 5. The fraction of sp³-hybridized carbons (Fsp3) is 0.217. The molecule has 1 aromatic heterocycles. The van der Waals surface area contributed by atoms with Crippen molar-refractivity contribution in [1.29, 1.82) is 0 Å².